The lowest BCUT2D eigenvalue weighted by Gasteiger charge is -2.12. The van der Waals surface area contributed by atoms with Gasteiger partial charge in [-0.1, -0.05) is 48.5 Å². The zero-order valence-electron chi connectivity index (χ0n) is 14.1. The molecule has 0 amide bonds. The summed E-state index contributed by atoms with van der Waals surface area (Å²) in [5.74, 6) is 0.477. The number of ketones is 1. The Labute approximate surface area is 151 Å². The first kappa shape index (κ1) is 14.9. The molecule has 1 N–H and O–H groups in total. The van der Waals surface area contributed by atoms with Gasteiger partial charge in [0.25, 0.3) is 0 Å². The van der Waals surface area contributed by atoms with Crippen LogP contribution in [0.3, 0.4) is 0 Å². The number of carbonyl (C=O) groups excluding carboxylic acids is 1. The number of aromatic nitrogens is 2. The molecule has 0 spiro atoms. The first-order chi connectivity index (χ1) is 12.8. The number of Topliss-reactive ketones (excluding diaryl/α,β-unsaturated/α-hetero) is 1. The van der Waals surface area contributed by atoms with Crippen LogP contribution in [0.1, 0.15) is 16.2 Å². The van der Waals surface area contributed by atoms with Crippen LogP contribution < -0.4 is 5.32 Å². The highest BCUT2D eigenvalue weighted by Gasteiger charge is 2.29. The van der Waals surface area contributed by atoms with Gasteiger partial charge in [-0.3, -0.25) is 9.36 Å². The van der Waals surface area contributed by atoms with E-state index in [1.807, 2.05) is 47.2 Å². The molecule has 4 nitrogen and oxygen atoms in total. The zero-order chi connectivity index (χ0) is 17.5. The summed E-state index contributed by atoms with van der Waals surface area (Å²) in [6.07, 6.45) is 4.23. The number of para-hydroxylation sites is 1. The van der Waals surface area contributed by atoms with E-state index in [0.717, 1.165) is 16.8 Å². The smallest absolute Gasteiger partial charge is 0.221 e. The number of nitrogens with zero attached hydrogens (tertiary/aromatic N) is 2. The highest BCUT2D eigenvalue weighted by atomic mass is 16.1. The van der Waals surface area contributed by atoms with Crippen LogP contribution in [0, 0.1) is 0 Å². The molecule has 0 radical (unpaired) electrons. The van der Waals surface area contributed by atoms with Gasteiger partial charge in [0.15, 0.2) is 5.82 Å². The van der Waals surface area contributed by atoms with Crippen LogP contribution in [-0.4, -0.2) is 21.4 Å². The standard InChI is InChI=1S/C22H17N3O/c26-21(20-14-17-7-3-4-8-19(17)24-20)22-23-11-12-25(22)18-10-9-15-5-1-2-6-16(15)13-18/h1-13,20,24H,14H2. The van der Waals surface area contributed by atoms with Crippen LogP contribution in [0.5, 0.6) is 0 Å². The first-order valence-corrected chi connectivity index (χ1v) is 8.71. The third-order valence-corrected chi connectivity index (χ3v) is 4.96. The molecular formula is C22H17N3O. The Kier molecular flexibility index (Phi) is 3.35. The fourth-order valence-corrected chi connectivity index (χ4v) is 3.63. The summed E-state index contributed by atoms with van der Waals surface area (Å²) in [5, 5.41) is 5.65. The quantitative estimate of drug-likeness (QED) is 0.568. The first-order valence-electron chi connectivity index (χ1n) is 8.71. The van der Waals surface area contributed by atoms with Crippen molar-refractivity contribution in [1.82, 2.24) is 9.55 Å². The van der Waals surface area contributed by atoms with Crippen molar-refractivity contribution in [3.63, 3.8) is 0 Å². The molecule has 1 atom stereocenters. The van der Waals surface area contributed by atoms with Crippen molar-refractivity contribution in [1.29, 1.82) is 0 Å². The van der Waals surface area contributed by atoms with Crippen LogP contribution >= 0.6 is 0 Å². The molecule has 1 aliphatic heterocycles. The van der Waals surface area contributed by atoms with Gasteiger partial charge in [-0.15, -0.1) is 0 Å². The second-order valence-electron chi connectivity index (χ2n) is 6.57. The summed E-state index contributed by atoms with van der Waals surface area (Å²) in [5.41, 5.74) is 3.16. The lowest BCUT2D eigenvalue weighted by Crippen LogP contribution is -2.29. The maximum absolute atomic E-state index is 13.1. The Morgan fingerprint density at radius 1 is 1.00 bits per heavy atom. The average molecular weight is 339 g/mol. The van der Waals surface area contributed by atoms with Gasteiger partial charge < -0.3 is 5.32 Å². The number of nitrogens with one attached hydrogen (secondary N) is 1. The molecule has 0 saturated carbocycles. The Balaban J connectivity index is 1.50. The second-order valence-corrected chi connectivity index (χ2v) is 6.57. The van der Waals surface area contributed by atoms with Crippen molar-refractivity contribution in [2.75, 3.05) is 5.32 Å². The van der Waals surface area contributed by atoms with E-state index in [2.05, 4.69) is 40.6 Å². The fourth-order valence-electron chi connectivity index (χ4n) is 3.63. The number of rotatable bonds is 3. The Bertz CT molecular complexity index is 1100. The minimum Gasteiger partial charge on any atom is -0.374 e. The van der Waals surface area contributed by atoms with Crippen LogP contribution in [0.25, 0.3) is 16.5 Å². The maximum atomic E-state index is 13.1. The number of imidazole rings is 1. The minimum absolute atomic E-state index is 0.0133. The number of fused-ring (bicyclic) bond motifs is 2. The SMILES string of the molecule is O=C(c1nccn1-c1ccc2ccccc2c1)C1Cc2ccccc2N1. The van der Waals surface area contributed by atoms with Crippen molar-refractivity contribution in [2.24, 2.45) is 0 Å². The van der Waals surface area contributed by atoms with E-state index < -0.39 is 0 Å². The molecule has 5 rings (SSSR count). The van der Waals surface area contributed by atoms with Crippen molar-refractivity contribution in [3.05, 3.63) is 90.5 Å². The average Bonchev–Trinajstić information content (AvgIpc) is 3.34. The van der Waals surface area contributed by atoms with E-state index in [4.69, 9.17) is 0 Å². The minimum atomic E-state index is -0.269. The van der Waals surface area contributed by atoms with Gasteiger partial charge in [0, 0.05) is 30.2 Å². The molecule has 1 unspecified atom stereocenters. The molecule has 4 aromatic rings. The van der Waals surface area contributed by atoms with E-state index >= 15 is 0 Å². The molecule has 1 aliphatic rings. The van der Waals surface area contributed by atoms with E-state index in [1.165, 1.54) is 10.9 Å². The molecule has 0 bridgehead atoms. The largest absolute Gasteiger partial charge is 0.374 e. The molecule has 0 saturated heterocycles. The van der Waals surface area contributed by atoms with E-state index in [0.29, 0.717) is 12.2 Å². The monoisotopic (exact) mass is 339 g/mol. The van der Waals surface area contributed by atoms with Crippen LogP contribution in [0.2, 0.25) is 0 Å². The van der Waals surface area contributed by atoms with E-state index in [9.17, 15) is 4.79 Å². The van der Waals surface area contributed by atoms with E-state index in [-0.39, 0.29) is 11.8 Å². The van der Waals surface area contributed by atoms with Gasteiger partial charge in [-0.25, -0.2) is 4.98 Å². The number of anilines is 1. The van der Waals surface area contributed by atoms with E-state index in [1.54, 1.807) is 6.20 Å². The van der Waals surface area contributed by atoms with Crippen molar-refractivity contribution >= 4 is 22.2 Å². The zero-order valence-corrected chi connectivity index (χ0v) is 14.1. The molecule has 0 fully saturated rings. The summed E-state index contributed by atoms with van der Waals surface area (Å²) in [4.78, 5) is 17.4. The van der Waals surface area contributed by atoms with Crippen molar-refractivity contribution in [3.8, 4) is 5.69 Å². The predicted molar refractivity (Wildman–Crippen MR) is 103 cm³/mol. The lowest BCUT2D eigenvalue weighted by molar-refractivity contribution is 0.0960. The Hall–Kier alpha value is -3.40. The van der Waals surface area contributed by atoms with Gasteiger partial charge in [0.1, 0.15) is 0 Å². The van der Waals surface area contributed by atoms with Gasteiger partial charge in [0.2, 0.25) is 5.78 Å². The van der Waals surface area contributed by atoms with Gasteiger partial charge in [-0.05, 0) is 34.5 Å². The molecule has 2 heterocycles. The third kappa shape index (κ3) is 2.39. The lowest BCUT2D eigenvalue weighted by atomic mass is 10.1. The summed E-state index contributed by atoms with van der Waals surface area (Å²) in [6.45, 7) is 0. The van der Waals surface area contributed by atoms with Gasteiger partial charge >= 0.3 is 0 Å². The summed E-state index contributed by atoms with van der Waals surface area (Å²) in [6, 6.07) is 22.2. The second kappa shape index (κ2) is 5.85. The molecule has 3 aromatic carbocycles. The number of benzene rings is 3. The molecule has 0 aliphatic carbocycles. The van der Waals surface area contributed by atoms with Crippen LogP contribution in [0.15, 0.2) is 79.1 Å². The molecule has 1 aromatic heterocycles. The Morgan fingerprint density at radius 3 is 2.69 bits per heavy atom. The fraction of sp³-hybridized carbons (Fsp3) is 0.0909. The number of hydrogen-bond donors (Lipinski definition) is 1. The van der Waals surface area contributed by atoms with Gasteiger partial charge in [0.05, 0.1) is 6.04 Å². The molecular weight excluding hydrogens is 322 g/mol. The van der Waals surface area contributed by atoms with Crippen molar-refractivity contribution < 1.29 is 4.79 Å². The van der Waals surface area contributed by atoms with Crippen LogP contribution in [0.4, 0.5) is 5.69 Å². The number of hydrogen-bond acceptors (Lipinski definition) is 3. The normalized spacial score (nSPS) is 15.6. The van der Waals surface area contributed by atoms with Crippen molar-refractivity contribution in [2.45, 2.75) is 12.5 Å². The third-order valence-electron chi connectivity index (χ3n) is 4.96. The predicted octanol–water partition coefficient (Wildman–Crippen LogP) is 4.25. The molecule has 126 valence electrons. The molecule has 26 heavy (non-hydrogen) atoms. The summed E-state index contributed by atoms with van der Waals surface area (Å²) < 4.78 is 1.87. The highest BCUT2D eigenvalue weighted by Crippen LogP contribution is 2.27. The molecule has 4 heteroatoms. The highest BCUT2D eigenvalue weighted by molar-refractivity contribution is 6.01. The Morgan fingerprint density at radius 2 is 1.81 bits per heavy atom. The summed E-state index contributed by atoms with van der Waals surface area (Å²) >= 11 is 0. The maximum Gasteiger partial charge on any atom is 0.221 e. The van der Waals surface area contributed by atoms with Gasteiger partial charge in [-0.2, -0.15) is 0 Å². The number of carbonyl (C=O) groups is 1. The summed E-state index contributed by atoms with van der Waals surface area (Å²) in [7, 11) is 0. The topological polar surface area (TPSA) is 46.9 Å². The van der Waals surface area contributed by atoms with Crippen LogP contribution in [-0.2, 0) is 6.42 Å².